The van der Waals surface area contributed by atoms with E-state index in [0.717, 1.165) is 5.56 Å². The van der Waals surface area contributed by atoms with E-state index in [1.54, 1.807) is 35.2 Å². The van der Waals surface area contributed by atoms with E-state index >= 15 is 0 Å². The highest BCUT2D eigenvalue weighted by atomic mass is 35.5. The maximum atomic E-state index is 12.9. The number of likely N-dealkylation sites (tertiary alicyclic amines) is 1. The van der Waals surface area contributed by atoms with Crippen LogP contribution in [0.5, 0.6) is 5.75 Å². The van der Waals surface area contributed by atoms with Crippen LogP contribution in [0.2, 0.25) is 5.02 Å². The Morgan fingerprint density at radius 3 is 2.54 bits per heavy atom. The van der Waals surface area contributed by atoms with Crippen LogP contribution in [-0.4, -0.2) is 35.0 Å². The van der Waals surface area contributed by atoms with E-state index in [4.69, 9.17) is 16.3 Å². The van der Waals surface area contributed by atoms with Crippen LogP contribution in [0.3, 0.4) is 0 Å². The van der Waals surface area contributed by atoms with Crippen molar-refractivity contribution in [1.29, 1.82) is 0 Å². The molecular formula is C20H20ClNO4. The van der Waals surface area contributed by atoms with Crippen LogP contribution in [0.25, 0.3) is 0 Å². The molecule has 0 bridgehead atoms. The van der Waals surface area contributed by atoms with Gasteiger partial charge in [-0.3, -0.25) is 9.59 Å². The lowest BCUT2D eigenvalue weighted by molar-refractivity contribution is -0.142. The molecule has 1 saturated heterocycles. The fourth-order valence-electron chi connectivity index (χ4n) is 3.16. The molecule has 5 nitrogen and oxygen atoms in total. The zero-order valence-electron chi connectivity index (χ0n) is 14.4. The second kappa shape index (κ2) is 7.79. The number of carbonyl (C=O) groups excluding carboxylic acids is 1. The van der Waals surface area contributed by atoms with Crippen molar-refractivity contribution in [2.24, 2.45) is 11.8 Å². The van der Waals surface area contributed by atoms with Crippen molar-refractivity contribution < 1.29 is 19.4 Å². The van der Waals surface area contributed by atoms with Gasteiger partial charge < -0.3 is 14.7 Å². The molecule has 1 aliphatic heterocycles. The summed E-state index contributed by atoms with van der Waals surface area (Å²) in [6.45, 7) is 2.74. The van der Waals surface area contributed by atoms with Gasteiger partial charge in [0.05, 0.1) is 11.5 Å². The number of hydrogen-bond donors (Lipinski definition) is 1. The first-order chi connectivity index (χ1) is 12.5. The van der Waals surface area contributed by atoms with Crippen molar-refractivity contribution in [3.63, 3.8) is 0 Å². The summed E-state index contributed by atoms with van der Waals surface area (Å²) in [4.78, 5) is 25.8. The highest BCUT2D eigenvalue weighted by Crippen LogP contribution is 2.28. The molecule has 26 heavy (non-hydrogen) atoms. The number of ether oxygens (including phenoxy) is 1. The van der Waals surface area contributed by atoms with E-state index in [1.165, 1.54) is 0 Å². The number of benzene rings is 2. The topological polar surface area (TPSA) is 66.8 Å². The van der Waals surface area contributed by atoms with Crippen LogP contribution in [0.1, 0.15) is 22.8 Å². The van der Waals surface area contributed by atoms with Gasteiger partial charge in [-0.1, -0.05) is 48.9 Å². The normalized spacial score (nSPS) is 19.4. The smallest absolute Gasteiger partial charge is 0.308 e. The van der Waals surface area contributed by atoms with Gasteiger partial charge in [0, 0.05) is 23.7 Å². The van der Waals surface area contributed by atoms with Crippen molar-refractivity contribution in [1.82, 2.24) is 4.90 Å². The standard InChI is InChI=1S/C20H20ClNO4/c1-13-10-22(11-16(13)20(24)25)19(23)15-7-3-5-9-18(15)26-12-14-6-2-4-8-17(14)21/h2-9,13,16H,10-12H2,1H3,(H,24,25)/t13-,16-/m1/s1. The molecule has 0 aromatic heterocycles. The Balaban J connectivity index is 1.76. The third kappa shape index (κ3) is 3.83. The predicted molar refractivity (Wildman–Crippen MR) is 98.4 cm³/mol. The number of carboxylic acids is 1. The van der Waals surface area contributed by atoms with Gasteiger partial charge in [-0.25, -0.2) is 0 Å². The molecular weight excluding hydrogens is 354 g/mol. The van der Waals surface area contributed by atoms with Crippen molar-refractivity contribution in [3.05, 3.63) is 64.7 Å². The maximum Gasteiger partial charge on any atom is 0.308 e. The van der Waals surface area contributed by atoms with Gasteiger partial charge in [0.15, 0.2) is 0 Å². The molecule has 0 spiro atoms. The Labute approximate surface area is 157 Å². The van der Waals surface area contributed by atoms with E-state index in [-0.39, 0.29) is 25.0 Å². The molecule has 3 rings (SSSR count). The van der Waals surface area contributed by atoms with Crippen LogP contribution in [0, 0.1) is 11.8 Å². The maximum absolute atomic E-state index is 12.9. The minimum absolute atomic E-state index is 0.0762. The Kier molecular flexibility index (Phi) is 5.47. The molecule has 136 valence electrons. The molecule has 1 aliphatic rings. The monoisotopic (exact) mass is 373 g/mol. The van der Waals surface area contributed by atoms with Gasteiger partial charge in [-0.2, -0.15) is 0 Å². The summed E-state index contributed by atoms with van der Waals surface area (Å²) in [5.74, 6) is -1.22. The molecule has 1 N–H and O–H groups in total. The zero-order chi connectivity index (χ0) is 18.7. The lowest BCUT2D eigenvalue weighted by Crippen LogP contribution is -2.30. The molecule has 1 amide bonds. The minimum atomic E-state index is -0.865. The molecule has 2 aromatic carbocycles. The van der Waals surface area contributed by atoms with Gasteiger partial charge in [0.25, 0.3) is 5.91 Å². The average molecular weight is 374 g/mol. The largest absolute Gasteiger partial charge is 0.488 e. The van der Waals surface area contributed by atoms with Crippen molar-refractivity contribution in [2.75, 3.05) is 13.1 Å². The third-order valence-electron chi connectivity index (χ3n) is 4.68. The summed E-state index contributed by atoms with van der Waals surface area (Å²) in [5, 5.41) is 9.88. The molecule has 0 aliphatic carbocycles. The fraction of sp³-hybridized carbons (Fsp3) is 0.300. The number of rotatable bonds is 5. The quantitative estimate of drug-likeness (QED) is 0.867. The van der Waals surface area contributed by atoms with Gasteiger partial charge >= 0.3 is 5.97 Å². The number of nitrogens with zero attached hydrogens (tertiary/aromatic N) is 1. The summed E-state index contributed by atoms with van der Waals surface area (Å²) < 4.78 is 5.84. The van der Waals surface area contributed by atoms with E-state index in [1.807, 2.05) is 25.1 Å². The number of hydrogen-bond acceptors (Lipinski definition) is 3. The van der Waals surface area contributed by atoms with Gasteiger partial charge in [0.1, 0.15) is 12.4 Å². The molecule has 1 fully saturated rings. The number of halogens is 1. The van der Waals surface area contributed by atoms with Gasteiger partial charge in [-0.15, -0.1) is 0 Å². The van der Waals surface area contributed by atoms with Crippen molar-refractivity contribution in [3.8, 4) is 5.75 Å². The molecule has 2 atom stereocenters. The van der Waals surface area contributed by atoms with E-state index in [2.05, 4.69) is 0 Å². The Morgan fingerprint density at radius 1 is 1.15 bits per heavy atom. The molecule has 0 unspecified atom stereocenters. The van der Waals surface area contributed by atoms with Crippen LogP contribution in [-0.2, 0) is 11.4 Å². The first-order valence-electron chi connectivity index (χ1n) is 8.44. The highest BCUT2D eigenvalue weighted by Gasteiger charge is 2.37. The Bertz CT molecular complexity index is 823. The lowest BCUT2D eigenvalue weighted by Gasteiger charge is -2.18. The molecule has 0 saturated carbocycles. The Hall–Kier alpha value is -2.53. The summed E-state index contributed by atoms with van der Waals surface area (Å²) in [7, 11) is 0. The van der Waals surface area contributed by atoms with Crippen LogP contribution in [0.15, 0.2) is 48.5 Å². The molecule has 1 heterocycles. The second-order valence-corrected chi connectivity index (χ2v) is 6.92. The number of carboxylic acid groups (broad SMARTS) is 1. The van der Waals surface area contributed by atoms with Crippen LogP contribution in [0.4, 0.5) is 0 Å². The van der Waals surface area contributed by atoms with E-state index in [9.17, 15) is 14.7 Å². The average Bonchev–Trinajstić information content (AvgIpc) is 3.03. The second-order valence-electron chi connectivity index (χ2n) is 6.51. The van der Waals surface area contributed by atoms with Crippen LogP contribution < -0.4 is 4.74 Å². The molecule has 0 radical (unpaired) electrons. The summed E-state index contributed by atoms with van der Waals surface area (Å²) in [5.41, 5.74) is 1.26. The Morgan fingerprint density at radius 2 is 1.85 bits per heavy atom. The zero-order valence-corrected chi connectivity index (χ0v) is 15.1. The summed E-state index contributed by atoms with van der Waals surface area (Å²) >= 11 is 6.15. The first kappa shape index (κ1) is 18.3. The highest BCUT2D eigenvalue weighted by molar-refractivity contribution is 6.31. The number of amides is 1. The summed E-state index contributed by atoms with van der Waals surface area (Å²) in [6, 6.07) is 14.4. The summed E-state index contributed by atoms with van der Waals surface area (Å²) in [6.07, 6.45) is 0. The number of carbonyl (C=O) groups is 2. The minimum Gasteiger partial charge on any atom is -0.488 e. The SMILES string of the molecule is C[C@@H]1CN(C(=O)c2ccccc2OCc2ccccc2Cl)C[C@H]1C(=O)O. The van der Waals surface area contributed by atoms with Gasteiger partial charge in [0.2, 0.25) is 0 Å². The van der Waals surface area contributed by atoms with E-state index in [0.29, 0.717) is 22.9 Å². The number of aliphatic carboxylic acids is 1. The van der Waals surface area contributed by atoms with Crippen LogP contribution >= 0.6 is 11.6 Å². The first-order valence-corrected chi connectivity index (χ1v) is 8.82. The van der Waals surface area contributed by atoms with Crippen molar-refractivity contribution >= 4 is 23.5 Å². The molecule has 6 heteroatoms. The van der Waals surface area contributed by atoms with E-state index < -0.39 is 11.9 Å². The van der Waals surface area contributed by atoms with Gasteiger partial charge in [-0.05, 0) is 24.1 Å². The van der Waals surface area contributed by atoms with Crippen molar-refractivity contribution in [2.45, 2.75) is 13.5 Å². The third-order valence-corrected chi connectivity index (χ3v) is 5.04. The number of para-hydroxylation sites is 1. The predicted octanol–water partition coefficient (Wildman–Crippen LogP) is 3.71. The fourth-order valence-corrected chi connectivity index (χ4v) is 3.35. The molecule has 2 aromatic rings. The lowest BCUT2D eigenvalue weighted by atomic mass is 9.99.